The van der Waals surface area contributed by atoms with E-state index in [1.807, 2.05) is 18.2 Å². The Morgan fingerprint density at radius 2 is 2.00 bits per heavy atom. The summed E-state index contributed by atoms with van der Waals surface area (Å²) in [6.07, 6.45) is 6.71. The van der Waals surface area contributed by atoms with Crippen molar-refractivity contribution in [3.05, 3.63) is 67.3 Å². The number of benzene rings is 1. The van der Waals surface area contributed by atoms with E-state index >= 15 is 0 Å². The molecule has 1 aromatic rings. The first-order chi connectivity index (χ1) is 8.31. The Hall–Kier alpha value is -1.60. The highest BCUT2D eigenvalue weighted by molar-refractivity contribution is 5.48. The van der Waals surface area contributed by atoms with Gasteiger partial charge in [0.1, 0.15) is 0 Å². The van der Waals surface area contributed by atoms with Crippen LogP contribution in [0.5, 0.6) is 0 Å². The Morgan fingerprint density at radius 3 is 2.65 bits per heavy atom. The zero-order valence-corrected chi connectivity index (χ0v) is 10.4. The summed E-state index contributed by atoms with van der Waals surface area (Å²) in [5, 5.41) is 3.36. The number of hydrogen-bond donors (Lipinski definition) is 1. The summed E-state index contributed by atoms with van der Waals surface area (Å²) in [4.78, 5) is 0. The van der Waals surface area contributed by atoms with Gasteiger partial charge in [-0.1, -0.05) is 49.1 Å². The molecule has 0 spiro atoms. The second kappa shape index (κ2) is 7.64. The van der Waals surface area contributed by atoms with Gasteiger partial charge in [0.2, 0.25) is 0 Å². The molecule has 1 N–H and O–H groups in total. The molecule has 0 aliphatic rings. The van der Waals surface area contributed by atoms with E-state index in [9.17, 15) is 0 Å². The summed E-state index contributed by atoms with van der Waals surface area (Å²) in [7, 11) is 0. The van der Waals surface area contributed by atoms with E-state index < -0.39 is 0 Å². The summed E-state index contributed by atoms with van der Waals surface area (Å²) < 4.78 is 0. The van der Waals surface area contributed by atoms with Crippen molar-refractivity contribution in [2.75, 3.05) is 13.1 Å². The molecular formula is C16H21N. The lowest BCUT2D eigenvalue weighted by molar-refractivity contribution is 0.616. The number of allylic oxidation sites excluding steroid dienone is 1. The maximum Gasteiger partial charge on any atom is 0.0132 e. The molecule has 0 aromatic heterocycles. The molecule has 1 nitrogen and oxygen atoms in total. The summed E-state index contributed by atoms with van der Waals surface area (Å²) in [5.41, 5.74) is 2.50. The van der Waals surface area contributed by atoms with E-state index in [4.69, 9.17) is 0 Å². The molecule has 0 saturated carbocycles. The lowest BCUT2D eigenvalue weighted by atomic mass is 9.94. The van der Waals surface area contributed by atoms with Crippen LogP contribution < -0.4 is 5.32 Å². The first kappa shape index (κ1) is 13.5. The van der Waals surface area contributed by atoms with Crippen LogP contribution in [0.25, 0.3) is 6.08 Å². The van der Waals surface area contributed by atoms with Gasteiger partial charge >= 0.3 is 0 Å². The topological polar surface area (TPSA) is 12.0 Å². The third-order valence-electron chi connectivity index (χ3n) is 2.75. The SMILES string of the molecule is C=CCNCC(CC=C)c1cccc(C=C)c1. The van der Waals surface area contributed by atoms with Gasteiger partial charge in [-0.25, -0.2) is 0 Å². The molecule has 0 saturated heterocycles. The van der Waals surface area contributed by atoms with Crippen molar-refractivity contribution in [2.24, 2.45) is 0 Å². The first-order valence-electron chi connectivity index (χ1n) is 5.96. The van der Waals surface area contributed by atoms with E-state index in [-0.39, 0.29) is 0 Å². The summed E-state index contributed by atoms with van der Waals surface area (Å²) in [6.45, 7) is 13.1. The van der Waals surface area contributed by atoms with E-state index in [1.165, 1.54) is 11.1 Å². The minimum absolute atomic E-state index is 0.465. The van der Waals surface area contributed by atoms with Gasteiger partial charge in [0.25, 0.3) is 0 Å². The fourth-order valence-electron chi connectivity index (χ4n) is 1.84. The Bertz CT molecular complexity index is 379. The van der Waals surface area contributed by atoms with Crippen molar-refractivity contribution in [1.82, 2.24) is 5.32 Å². The molecule has 1 rings (SSSR count). The standard InChI is InChI=1S/C16H21N/c1-4-8-16(13-17-11-5-2)15-10-7-9-14(6-3)12-15/h4-7,9-10,12,16-17H,1-3,8,11,13H2. The average molecular weight is 227 g/mol. The van der Waals surface area contributed by atoms with E-state index in [0.717, 1.165) is 19.5 Å². The first-order valence-corrected chi connectivity index (χ1v) is 5.96. The fourth-order valence-corrected chi connectivity index (χ4v) is 1.84. The lowest BCUT2D eigenvalue weighted by Gasteiger charge is -2.16. The molecular weight excluding hydrogens is 206 g/mol. The second-order valence-corrected chi connectivity index (χ2v) is 4.04. The molecule has 0 aliphatic heterocycles. The van der Waals surface area contributed by atoms with Crippen molar-refractivity contribution in [3.8, 4) is 0 Å². The molecule has 1 atom stereocenters. The molecule has 17 heavy (non-hydrogen) atoms. The van der Waals surface area contributed by atoms with Crippen LogP contribution in [0.1, 0.15) is 23.5 Å². The molecule has 1 heteroatoms. The zero-order valence-electron chi connectivity index (χ0n) is 10.4. The Morgan fingerprint density at radius 1 is 1.18 bits per heavy atom. The predicted molar refractivity (Wildman–Crippen MR) is 77.2 cm³/mol. The van der Waals surface area contributed by atoms with Gasteiger partial charge in [-0.05, 0) is 23.5 Å². The third-order valence-corrected chi connectivity index (χ3v) is 2.75. The van der Waals surface area contributed by atoms with E-state index in [0.29, 0.717) is 5.92 Å². The highest BCUT2D eigenvalue weighted by atomic mass is 14.8. The van der Waals surface area contributed by atoms with Crippen LogP contribution in [0, 0.1) is 0 Å². The van der Waals surface area contributed by atoms with Crippen LogP contribution in [0.3, 0.4) is 0 Å². The predicted octanol–water partition coefficient (Wildman–Crippen LogP) is 3.76. The summed E-state index contributed by atoms with van der Waals surface area (Å²) >= 11 is 0. The van der Waals surface area contributed by atoms with E-state index in [2.05, 4.69) is 49.3 Å². The monoisotopic (exact) mass is 227 g/mol. The molecule has 0 amide bonds. The van der Waals surface area contributed by atoms with Crippen LogP contribution >= 0.6 is 0 Å². The maximum absolute atomic E-state index is 3.83. The summed E-state index contributed by atoms with van der Waals surface area (Å²) in [6, 6.07) is 8.50. The molecule has 0 heterocycles. The normalized spacial score (nSPS) is 11.8. The van der Waals surface area contributed by atoms with Gasteiger partial charge in [0.05, 0.1) is 0 Å². The van der Waals surface area contributed by atoms with Gasteiger partial charge in [0, 0.05) is 13.1 Å². The smallest absolute Gasteiger partial charge is 0.0132 e. The molecule has 0 bridgehead atoms. The quantitative estimate of drug-likeness (QED) is 0.526. The highest BCUT2D eigenvalue weighted by Gasteiger charge is 2.09. The van der Waals surface area contributed by atoms with Gasteiger partial charge in [-0.3, -0.25) is 0 Å². The minimum Gasteiger partial charge on any atom is -0.313 e. The van der Waals surface area contributed by atoms with Gasteiger partial charge in [-0.2, -0.15) is 0 Å². The Balaban J connectivity index is 2.76. The van der Waals surface area contributed by atoms with Gasteiger partial charge in [0.15, 0.2) is 0 Å². The van der Waals surface area contributed by atoms with Crippen LogP contribution in [0.2, 0.25) is 0 Å². The van der Waals surface area contributed by atoms with Crippen LogP contribution in [-0.4, -0.2) is 13.1 Å². The van der Waals surface area contributed by atoms with Crippen LogP contribution in [0.4, 0.5) is 0 Å². The van der Waals surface area contributed by atoms with Crippen molar-refractivity contribution in [3.63, 3.8) is 0 Å². The second-order valence-electron chi connectivity index (χ2n) is 4.04. The van der Waals surface area contributed by atoms with Crippen molar-refractivity contribution in [1.29, 1.82) is 0 Å². The van der Waals surface area contributed by atoms with Crippen molar-refractivity contribution >= 4 is 6.08 Å². The molecule has 0 radical (unpaired) electrons. The van der Waals surface area contributed by atoms with Gasteiger partial charge in [-0.15, -0.1) is 13.2 Å². The third kappa shape index (κ3) is 4.41. The number of nitrogens with one attached hydrogen (secondary N) is 1. The number of rotatable bonds is 8. The van der Waals surface area contributed by atoms with Crippen LogP contribution in [0.15, 0.2) is 56.2 Å². The number of hydrogen-bond acceptors (Lipinski definition) is 1. The Kier molecular flexibility index (Phi) is 6.05. The lowest BCUT2D eigenvalue weighted by Crippen LogP contribution is -2.21. The zero-order chi connectivity index (χ0) is 12.5. The van der Waals surface area contributed by atoms with E-state index in [1.54, 1.807) is 0 Å². The highest BCUT2D eigenvalue weighted by Crippen LogP contribution is 2.20. The average Bonchev–Trinajstić information content (AvgIpc) is 2.38. The fraction of sp³-hybridized carbons (Fsp3) is 0.250. The van der Waals surface area contributed by atoms with Crippen LogP contribution in [-0.2, 0) is 0 Å². The van der Waals surface area contributed by atoms with Crippen molar-refractivity contribution < 1.29 is 0 Å². The maximum atomic E-state index is 3.83. The molecule has 1 unspecified atom stereocenters. The molecule has 1 aromatic carbocycles. The minimum atomic E-state index is 0.465. The molecule has 0 fully saturated rings. The summed E-state index contributed by atoms with van der Waals surface area (Å²) in [5.74, 6) is 0.465. The van der Waals surface area contributed by atoms with Crippen molar-refractivity contribution in [2.45, 2.75) is 12.3 Å². The van der Waals surface area contributed by atoms with Gasteiger partial charge < -0.3 is 5.32 Å². The Labute approximate surface area is 105 Å². The molecule has 90 valence electrons. The molecule has 0 aliphatic carbocycles. The largest absolute Gasteiger partial charge is 0.313 e.